The fraction of sp³-hybridized carbons (Fsp3) is 0.562. The van der Waals surface area contributed by atoms with Gasteiger partial charge in [0.1, 0.15) is 0 Å². The summed E-state index contributed by atoms with van der Waals surface area (Å²) in [5, 5.41) is 3.73. The zero-order valence-corrected chi connectivity index (χ0v) is 12.6. The molecule has 1 aliphatic carbocycles. The Kier molecular flexibility index (Phi) is 5.44. The van der Waals surface area contributed by atoms with E-state index in [1.54, 1.807) is 0 Å². The minimum absolute atomic E-state index is 0.0990. The van der Waals surface area contributed by atoms with Crippen LogP contribution < -0.4 is 11.1 Å². The van der Waals surface area contributed by atoms with Crippen LogP contribution in [0.25, 0.3) is 0 Å². The van der Waals surface area contributed by atoms with Crippen molar-refractivity contribution in [2.45, 2.75) is 45.1 Å². The Morgan fingerprint density at radius 2 is 1.95 bits per heavy atom. The molecule has 1 fully saturated rings. The van der Waals surface area contributed by atoms with Gasteiger partial charge in [-0.15, -0.1) is 0 Å². The Labute approximate surface area is 125 Å². The number of carbonyl (C=O) groups is 1. The van der Waals surface area contributed by atoms with Gasteiger partial charge in [0.15, 0.2) is 0 Å². The van der Waals surface area contributed by atoms with E-state index in [4.69, 9.17) is 17.3 Å². The van der Waals surface area contributed by atoms with Crippen molar-refractivity contribution in [2.24, 2.45) is 11.1 Å². The lowest BCUT2D eigenvalue weighted by atomic mass is 9.79. The molecule has 110 valence electrons. The Bertz CT molecular complexity index is 454. The maximum absolute atomic E-state index is 12.5. The quantitative estimate of drug-likeness (QED) is 0.838. The first-order valence-corrected chi connectivity index (χ1v) is 7.77. The molecule has 0 atom stereocenters. The summed E-state index contributed by atoms with van der Waals surface area (Å²) in [5.74, 6) is 0.0990. The molecule has 0 bridgehead atoms. The molecule has 0 unspecified atom stereocenters. The third-order valence-corrected chi connectivity index (χ3v) is 4.51. The molecule has 1 aromatic carbocycles. The van der Waals surface area contributed by atoms with E-state index in [0.29, 0.717) is 18.1 Å². The highest BCUT2D eigenvalue weighted by molar-refractivity contribution is 6.30. The predicted molar refractivity (Wildman–Crippen MR) is 82.5 cm³/mol. The molecular formula is C16H23ClN2O. The van der Waals surface area contributed by atoms with Gasteiger partial charge < -0.3 is 11.1 Å². The molecule has 2 rings (SSSR count). The van der Waals surface area contributed by atoms with Gasteiger partial charge in [-0.1, -0.05) is 49.4 Å². The van der Waals surface area contributed by atoms with Crippen molar-refractivity contribution < 1.29 is 4.79 Å². The SMILES string of the molecule is NCC1(C(=O)NCc2cccc(Cl)c2)CCCCCC1. The van der Waals surface area contributed by atoms with Crippen molar-refractivity contribution in [1.29, 1.82) is 0 Å². The van der Waals surface area contributed by atoms with E-state index in [9.17, 15) is 4.79 Å². The standard InChI is InChI=1S/C16H23ClN2O/c17-14-7-5-6-13(10-14)11-19-15(20)16(12-18)8-3-1-2-4-9-16/h5-7,10H,1-4,8-9,11-12,18H2,(H,19,20). The van der Waals surface area contributed by atoms with E-state index in [0.717, 1.165) is 31.2 Å². The molecule has 0 saturated heterocycles. The minimum Gasteiger partial charge on any atom is -0.352 e. The summed E-state index contributed by atoms with van der Waals surface area (Å²) >= 11 is 5.95. The van der Waals surface area contributed by atoms with Gasteiger partial charge in [-0.2, -0.15) is 0 Å². The topological polar surface area (TPSA) is 55.1 Å². The molecule has 0 aromatic heterocycles. The summed E-state index contributed by atoms with van der Waals surface area (Å²) in [6, 6.07) is 7.58. The molecule has 1 aliphatic rings. The van der Waals surface area contributed by atoms with Gasteiger partial charge in [-0.3, -0.25) is 4.79 Å². The lowest BCUT2D eigenvalue weighted by Crippen LogP contribution is -2.45. The number of rotatable bonds is 4. The van der Waals surface area contributed by atoms with Crippen LogP contribution in [-0.4, -0.2) is 12.5 Å². The summed E-state index contributed by atoms with van der Waals surface area (Å²) in [5.41, 5.74) is 6.57. The fourth-order valence-corrected chi connectivity index (χ4v) is 3.16. The van der Waals surface area contributed by atoms with Crippen LogP contribution in [0, 0.1) is 5.41 Å². The van der Waals surface area contributed by atoms with E-state index in [2.05, 4.69) is 5.32 Å². The highest BCUT2D eigenvalue weighted by Crippen LogP contribution is 2.34. The van der Waals surface area contributed by atoms with Gasteiger partial charge in [0.2, 0.25) is 5.91 Å². The minimum atomic E-state index is -0.366. The largest absolute Gasteiger partial charge is 0.352 e. The number of hydrogen-bond acceptors (Lipinski definition) is 2. The van der Waals surface area contributed by atoms with Crippen molar-refractivity contribution in [3.8, 4) is 0 Å². The number of nitrogens with two attached hydrogens (primary N) is 1. The molecular weight excluding hydrogens is 272 g/mol. The summed E-state index contributed by atoms with van der Waals surface area (Å²) in [7, 11) is 0. The van der Waals surface area contributed by atoms with E-state index >= 15 is 0 Å². The molecule has 3 nitrogen and oxygen atoms in total. The van der Waals surface area contributed by atoms with E-state index in [-0.39, 0.29) is 11.3 Å². The second-order valence-electron chi connectivity index (χ2n) is 5.71. The number of amides is 1. The highest BCUT2D eigenvalue weighted by Gasteiger charge is 2.36. The van der Waals surface area contributed by atoms with Gasteiger partial charge in [-0.25, -0.2) is 0 Å². The van der Waals surface area contributed by atoms with Crippen molar-refractivity contribution in [3.05, 3.63) is 34.9 Å². The van der Waals surface area contributed by atoms with Gasteiger partial charge in [0.05, 0.1) is 5.41 Å². The van der Waals surface area contributed by atoms with E-state index in [1.165, 1.54) is 12.8 Å². The molecule has 4 heteroatoms. The molecule has 1 aromatic rings. The summed E-state index contributed by atoms with van der Waals surface area (Å²) < 4.78 is 0. The van der Waals surface area contributed by atoms with Crippen molar-refractivity contribution in [2.75, 3.05) is 6.54 Å². The first kappa shape index (κ1) is 15.3. The van der Waals surface area contributed by atoms with Crippen LogP contribution in [-0.2, 0) is 11.3 Å². The molecule has 0 heterocycles. The van der Waals surface area contributed by atoms with Crippen molar-refractivity contribution >= 4 is 17.5 Å². The molecule has 1 amide bonds. The molecule has 0 aliphatic heterocycles. The average molecular weight is 295 g/mol. The zero-order valence-electron chi connectivity index (χ0n) is 11.8. The van der Waals surface area contributed by atoms with Crippen LogP contribution >= 0.6 is 11.6 Å². The molecule has 1 saturated carbocycles. The normalized spacial score (nSPS) is 18.3. The van der Waals surface area contributed by atoms with Crippen LogP contribution in [0.2, 0.25) is 5.02 Å². The fourth-order valence-electron chi connectivity index (χ4n) is 2.95. The Morgan fingerprint density at radius 1 is 1.25 bits per heavy atom. The average Bonchev–Trinajstić information content (AvgIpc) is 2.71. The molecule has 20 heavy (non-hydrogen) atoms. The number of benzene rings is 1. The van der Waals surface area contributed by atoms with Crippen molar-refractivity contribution in [3.63, 3.8) is 0 Å². The summed E-state index contributed by atoms with van der Waals surface area (Å²) in [4.78, 5) is 12.5. The Morgan fingerprint density at radius 3 is 2.55 bits per heavy atom. The summed E-state index contributed by atoms with van der Waals surface area (Å²) in [6.45, 7) is 0.954. The Balaban J connectivity index is 1.98. The third-order valence-electron chi connectivity index (χ3n) is 4.28. The third kappa shape index (κ3) is 3.74. The number of halogens is 1. The van der Waals surface area contributed by atoms with Crippen molar-refractivity contribution in [1.82, 2.24) is 5.32 Å². The number of hydrogen-bond donors (Lipinski definition) is 2. The highest BCUT2D eigenvalue weighted by atomic mass is 35.5. The van der Waals surface area contributed by atoms with Crippen LogP contribution in [0.3, 0.4) is 0 Å². The molecule has 0 radical (unpaired) electrons. The lowest BCUT2D eigenvalue weighted by molar-refractivity contribution is -0.131. The smallest absolute Gasteiger partial charge is 0.227 e. The second-order valence-corrected chi connectivity index (χ2v) is 6.15. The maximum atomic E-state index is 12.5. The maximum Gasteiger partial charge on any atom is 0.227 e. The summed E-state index contributed by atoms with van der Waals surface area (Å²) in [6.07, 6.45) is 6.44. The van der Waals surface area contributed by atoms with Crippen LogP contribution in [0.5, 0.6) is 0 Å². The van der Waals surface area contributed by atoms with Crippen LogP contribution in [0.15, 0.2) is 24.3 Å². The first-order valence-electron chi connectivity index (χ1n) is 7.39. The molecule has 0 spiro atoms. The van der Waals surface area contributed by atoms with E-state index < -0.39 is 0 Å². The van der Waals surface area contributed by atoms with Gasteiger partial charge in [0.25, 0.3) is 0 Å². The van der Waals surface area contributed by atoms with E-state index in [1.807, 2.05) is 24.3 Å². The number of carbonyl (C=O) groups excluding carboxylic acids is 1. The van der Waals surface area contributed by atoms with Gasteiger partial charge >= 0.3 is 0 Å². The molecule has 3 N–H and O–H groups in total. The Hall–Kier alpha value is -1.06. The number of nitrogens with one attached hydrogen (secondary N) is 1. The second kappa shape index (κ2) is 7.09. The van der Waals surface area contributed by atoms with Gasteiger partial charge in [-0.05, 0) is 30.5 Å². The van der Waals surface area contributed by atoms with Crippen LogP contribution in [0.4, 0.5) is 0 Å². The van der Waals surface area contributed by atoms with Crippen LogP contribution in [0.1, 0.15) is 44.1 Å². The zero-order chi connectivity index (χ0) is 14.4. The monoisotopic (exact) mass is 294 g/mol. The lowest BCUT2D eigenvalue weighted by Gasteiger charge is -2.29. The first-order chi connectivity index (χ1) is 9.66. The van der Waals surface area contributed by atoms with Gasteiger partial charge in [0, 0.05) is 18.1 Å². The predicted octanol–water partition coefficient (Wildman–Crippen LogP) is 3.26.